The minimum absolute atomic E-state index is 0.0419. The number of rotatable bonds is 7. The van der Waals surface area contributed by atoms with Gasteiger partial charge in [-0.2, -0.15) is 11.3 Å². The van der Waals surface area contributed by atoms with Crippen LogP contribution in [0.2, 0.25) is 0 Å². The molecule has 1 heterocycles. The number of hydrogen-bond donors (Lipinski definition) is 3. The molecule has 0 spiro atoms. The van der Waals surface area contributed by atoms with E-state index in [1.165, 1.54) is 18.4 Å². The molecule has 0 fully saturated rings. The van der Waals surface area contributed by atoms with Crippen LogP contribution in [0.25, 0.3) is 0 Å². The maximum Gasteiger partial charge on any atom is 0.309 e. The van der Waals surface area contributed by atoms with Crippen molar-refractivity contribution in [3.8, 4) is 0 Å². The average Bonchev–Trinajstić information content (AvgIpc) is 3.05. The highest BCUT2D eigenvalue weighted by Crippen LogP contribution is 2.19. The monoisotopic (exact) mass is 350 g/mol. The summed E-state index contributed by atoms with van der Waals surface area (Å²) >= 11 is 1.56. The van der Waals surface area contributed by atoms with Crippen LogP contribution < -0.4 is 10.6 Å². The van der Waals surface area contributed by atoms with E-state index < -0.39 is 17.4 Å². The fourth-order valence-corrected chi connectivity index (χ4v) is 3.46. The summed E-state index contributed by atoms with van der Waals surface area (Å²) in [5.41, 5.74) is 1.30. The second kappa shape index (κ2) is 8.99. The zero-order chi connectivity index (χ0) is 17.4. The SMILES string of the molecule is CC(O)(CNC(=O)C(=O)NCCC1=CCCCC1)Cc1ccsc1. The Bertz CT molecular complexity index is 579. The van der Waals surface area contributed by atoms with Gasteiger partial charge in [-0.15, -0.1) is 0 Å². The van der Waals surface area contributed by atoms with Crippen molar-refractivity contribution in [3.63, 3.8) is 0 Å². The Hall–Kier alpha value is -1.66. The number of carbonyl (C=O) groups excluding carboxylic acids is 2. The fourth-order valence-electron chi connectivity index (χ4n) is 2.80. The number of thiophene rings is 1. The van der Waals surface area contributed by atoms with Crippen LogP contribution in [0.15, 0.2) is 28.5 Å². The van der Waals surface area contributed by atoms with Crippen LogP contribution in [0.3, 0.4) is 0 Å². The molecule has 0 aliphatic heterocycles. The maximum absolute atomic E-state index is 11.8. The van der Waals surface area contributed by atoms with Crippen molar-refractivity contribution in [2.24, 2.45) is 0 Å². The third-order valence-electron chi connectivity index (χ3n) is 4.12. The van der Waals surface area contributed by atoms with Crippen LogP contribution in [0.4, 0.5) is 0 Å². The summed E-state index contributed by atoms with van der Waals surface area (Å²) in [5, 5.41) is 19.4. The second-order valence-corrected chi connectivity index (χ2v) is 7.38. The lowest BCUT2D eigenvalue weighted by molar-refractivity contribution is -0.139. The topological polar surface area (TPSA) is 78.4 Å². The molecule has 0 saturated heterocycles. The number of carbonyl (C=O) groups is 2. The van der Waals surface area contributed by atoms with Gasteiger partial charge in [-0.25, -0.2) is 0 Å². The fraction of sp³-hybridized carbons (Fsp3) is 0.556. The van der Waals surface area contributed by atoms with Crippen molar-refractivity contribution in [2.45, 2.75) is 51.0 Å². The zero-order valence-electron chi connectivity index (χ0n) is 14.1. The first-order valence-electron chi connectivity index (χ1n) is 8.44. The van der Waals surface area contributed by atoms with Crippen LogP contribution in [0.5, 0.6) is 0 Å². The zero-order valence-corrected chi connectivity index (χ0v) is 15.0. The van der Waals surface area contributed by atoms with E-state index in [9.17, 15) is 14.7 Å². The summed E-state index contributed by atoms with van der Waals surface area (Å²) in [6.45, 7) is 2.17. The molecule has 0 radical (unpaired) electrons. The number of aliphatic hydroxyl groups is 1. The highest BCUT2D eigenvalue weighted by Gasteiger charge is 2.24. The van der Waals surface area contributed by atoms with E-state index in [0.717, 1.165) is 24.8 Å². The van der Waals surface area contributed by atoms with Crippen LogP contribution in [0, 0.1) is 0 Å². The van der Waals surface area contributed by atoms with Gasteiger partial charge in [-0.1, -0.05) is 11.6 Å². The first-order chi connectivity index (χ1) is 11.5. The van der Waals surface area contributed by atoms with E-state index >= 15 is 0 Å². The highest BCUT2D eigenvalue weighted by atomic mass is 32.1. The Labute approximate surface area is 147 Å². The summed E-state index contributed by atoms with van der Waals surface area (Å²) in [6, 6.07) is 1.94. The second-order valence-electron chi connectivity index (χ2n) is 6.60. The number of nitrogens with one attached hydrogen (secondary N) is 2. The molecule has 2 rings (SSSR count). The summed E-state index contributed by atoms with van der Waals surface area (Å²) in [4.78, 5) is 23.6. The van der Waals surface area contributed by atoms with Crippen LogP contribution in [-0.2, 0) is 16.0 Å². The summed E-state index contributed by atoms with van der Waals surface area (Å²) < 4.78 is 0. The van der Waals surface area contributed by atoms with Crippen LogP contribution in [-0.4, -0.2) is 35.6 Å². The lowest BCUT2D eigenvalue weighted by atomic mass is 9.97. The van der Waals surface area contributed by atoms with Gasteiger partial charge in [0.1, 0.15) is 0 Å². The number of hydrogen-bond acceptors (Lipinski definition) is 4. The smallest absolute Gasteiger partial charge is 0.309 e. The Balaban J connectivity index is 1.67. The number of amides is 2. The van der Waals surface area contributed by atoms with Crippen molar-refractivity contribution in [2.75, 3.05) is 13.1 Å². The van der Waals surface area contributed by atoms with Crippen molar-refractivity contribution < 1.29 is 14.7 Å². The predicted molar refractivity (Wildman–Crippen MR) is 95.8 cm³/mol. The molecule has 1 aliphatic rings. The molecule has 5 nitrogen and oxygen atoms in total. The quantitative estimate of drug-likeness (QED) is 0.521. The van der Waals surface area contributed by atoms with E-state index in [4.69, 9.17) is 0 Å². The third kappa shape index (κ3) is 6.45. The van der Waals surface area contributed by atoms with Gasteiger partial charge in [0.2, 0.25) is 0 Å². The van der Waals surface area contributed by atoms with Crippen LogP contribution >= 0.6 is 11.3 Å². The summed E-state index contributed by atoms with van der Waals surface area (Å²) in [6.07, 6.45) is 8.12. The van der Waals surface area contributed by atoms with Crippen molar-refractivity contribution in [3.05, 3.63) is 34.0 Å². The molecule has 1 unspecified atom stereocenters. The first kappa shape index (κ1) is 18.7. The Kier molecular flexibility index (Phi) is 6.99. The largest absolute Gasteiger partial charge is 0.388 e. The molecule has 1 aliphatic carbocycles. The molecule has 1 atom stereocenters. The van der Waals surface area contributed by atoms with Crippen molar-refractivity contribution in [1.29, 1.82) is 0 Å². The molecule has 132 valence electrons. The summed E-state index contributed by atoms with van der Waals surface area (Å²) in [5.74, 6) is -1.34. The molecular formula is C18H26N2O3S. The van der Waals surface area contributed by atoms with Gasteiger partial charge in [0, 0.05) is 19.5 Å². The summed E-state index contributed by atoms with van der Waals surface area (Å²) in [7, 11) is 0. The highest BCUT2D eigenvalue weighted by molar-refractivity contribution is 7.07. The van der Waals surface area contributed by atoms with Gasteiger partial charge >= 0.3 is 11.8 Å². The third-order valence-corrected chi connectivity index (χ3v) is 4.85. The van der Waals surface area contributed by atoms with E-state index in [-0.39, 0.29) is 6.54 Å². The Morgan fingerprint density at radius 1 is 1.29 bits per heavy atom. The lowest BCUT2D eigenvalue weighted by Gasteiger charge is -2.23. The van der Waals surface area contributed by atoms with E-state index in [1.54, 1.807) is 18.3 Å². The van der Waals surface area contributed by atoms with Gasteiger partial charge in [-0.3, -0.25) is 9.59 Å². The average molecular weight is 350 g/mol. The van der Waals surface area contributed by atoms with E-state index in [1.807, 2.05) is 16.8 Å². The lowest BCUT2D eigenvalue weighted by Crippen LogP contribution is -2.47. The minimum atomic E-state index is -1.08. The molecular weight excluding hydrogens is 324 g/mol. The van der Waals surface area contributed by atoms with Gasteiger partial charge in [0.25, 0.3) is 0 Å². The molecule has 1 aromatic heterocycles. The van der Waals surface area contributed by atoms with Gasteiger partial charge in [0.05, 0.1) is 5.60 Å². The molecule has 2 amide bonds. The van der Waals surface area contributed by atoms with Crippen molar-refractivity contribution >= 4 is 23.2 Å². The molecule has 1 aromatic rings. The minimum Gasteiger partial charge on any atom is -0.388 e. The van der Waals surface area contributed by atoms with Gasteiger partial charge in [0.15, 0.2) is 0 Å². The molecule has 3 N–H and O–H groups in total. The first-order valence-corrected chi connectivity index (χ1v) is 9.38. The predicted octanol–water partition coefficient (Wildman–Crippen LogP) is 2.16. The van der Waals surface area contributed by atoms with E-state index in [0.29, 0.717) is 13.0 Å². The van der Waals surface area contributed by atoms with Crippen molar-refractivity contribution in [1.82, 2.24) is 10.6 Å². The standard InChI is InChI=1S/C18H26N2O3S/c1-18(23,11-15-8-10-24-12-15)13-20-17(22)16(21)19-9-7-14-5-3-2-4-6-14/h5,8,10,12,23H,2-4,6-7,9,11,13H2,1H3,(H,19,21)(H,20,22). The molecule has 0 bridgehead atoms. The normalized spacial score (nSPS) is 16.8. The molecule has 0 saturated carbocycles. The maximum atomic E-state index is 11.8. The van der Waals surface area contributed by atoms with E-state index in [2.05, 4.69) is 16.7 Å². The van der Waals surface area contributed by atoms with Crippen LogP contribution in [0.1, 0.15) is 44.6 Å². The van der Waals surface area contributed by atoms with Gasteiger partial charge in [-0.05, 0) is 61.4 Å². The number of allylic oxidation sites excluding steroid dienone is 1. The molecule has 0 aromatic carbocycles. The Morgan fingerprint density at radius 2 is 2.08 bits per heavy atom. The molecule has 24 heavy (non-hydrogen) atoms. The van der Waals surface area contributed by atoms with Gasteiger partial charge < -0.3 is 15.7 Å². The Morgan fingerprint density at radius 3 is 2.75 bits per heavy atom. The molecule has 6 heteroatoms.